The average Bonchev–Trinajstić information content (AvgIpc) is 2.93. The van der Waals surface area contributed by atoms with E-state index >= 15 is 0 Å². The Hall–Kier alpha value is -2.55. The first-order chi connectivity index (χ1) is 11.8. The van der Waals surface area contributed by atoms with E-state index < -0.39 is 28.4 Å². The van der Waals surface area contributed by atoms with Crippen LogP contribution in [0.3, 0.4) is 0 Å². The highest BCUT2D eigenvalue weighted by Crippen LogP contribution is 2.21. The van der Waals surface area contributed by atoms with E-state index in [4.69, 9.17) is 5.11 Å². The molecule has 0 radical (unpaired) electrons. The third-order valence-corrected chi connectivity index (χ3v) is 4.94. The quantitative estimate of drug-likeness (QED) is 0.619. The topological polar surface area (TPSA) is 118 Å². The number of carbonyl (C=O) groups excluding carboxylic acids is 1. The number of rotatable bonds is 9. The predicted molar refractivity (Wildman–Crippen MR) is 94.9 cm³/mol. The molecule has 1 aromatic heterocycles. The van der Waals surface area contributed by atoms with E-state index in [0.29, 0.717) is 17.6 Å². The molecule has 0 aliphatic carbocycles. The van der Waals surface area contributed by atoms with E-state index in [1.165, 1.54) is 0 Å². The molecular formula is C16H21N3O5S. The minimum absolute atomic E-state index is 0.0528. The number of aliphatic carboxylic acids is 1. The minimum Gasteiger partial charge on any atom is -0.480 e. The van der Waals surface area contributed by atoms with Gasteiger partial charge in [-0.2, -0.15) is 0 Å². The number of sulfonamides is 1. The molecule has 0 fully saturated rings. The number of hydrogen-bond acceptors (Lipinski definition) is 4. The molecule has 0 spiro atoms. The van der Waals surface area contributed by atoms with Gasteiger partial charge in [0.1, 0.15) is 13.1 Å². The molecule has 0 atom stereocenters. The fourth-order valence-corrected chi connectivity index (χ4v) is 3.59. The molecule has 3 N–H and O–H groups in total. The monoisotopic (exact) mass is 367 g/mol. The van der Waals surface area contributed by atoms with Crippen LogP contribution in [0.5, 0.6) is 0 Å². The minimum atomic E-state index is -3.41. The second kappa shape index (κ2) is 8.02. The van der Waals surface area contributed by atoms with Crippen LogP contribution in [0.1, 0.15) is 19.8 Å². The van der Waals surface area contributed by atoms with Gasteiger partial charge in [-0.3, -0.25) is 14.3 Å². The van der Waals surface area contributed by atoms with Gasteiger partial charge < -0.3 is 15.0 Å². The van der Waals surface area contributed by atoms with Gasteiger partial charge in [0.25, 0.3) is 0 Å². The number of fused-ring (bicyclic) bond motifs is 1. The normalized spacial score (nSPS) is 11.4. The van der Waals surface area contributed by atoms with Crippen LogP contribution in [0.2, 0.25) is 0 Å². The van der Waals surface area contributed by atoms with Gasteiger partial charge in [0.2, 0.25) is 15.9 Å². The maximum absolute atomic E-state index is 12.0. The van der Waals surface area contributed by atoms with Crippen molar-refractivity contribution in [2.45, 2.75) is 26.3 Å². The van der Waals surface area contributed by atoms with E-state index in [-0.39, 0.29) is 12.3 Å². The maximum atomic E-state index is 12.0. The number of amides is 1. The fraction of sp³-hybridized carbons (Fsp3) is 0.375. The lowest BCUT2D eigenvalue weighted by Gasteiger charge is -2.09. The Labute approximate surface area is 145 Å². The Balaban J connectivity index is 2.16. The largest absolute Gasteiger partial charge is 0.480 e. The smallest absolute Gasteiger partial charge is 0.322 e. The van der Waals surface area contributed by atoms with Crippen molar-refractivity contribution >= 4 is 38.5 Å². The maximum Gasteiger partial charge on any atom is 0.322 e. The van der Waals surface area contributed by atoms with E-state index in [0.717, 1.165) is 11.8 Å². The fourth-order valence-electron chi connectivity index (χ4n) is 2.34. The highest BCUT2D eigenvalue weighted by atomic mass is 32.2. The van der Waals surface area contributed by atoms with Gasteiger partial charge in [0.15, 0.2) is 0 Å². The van der Waals surface area contributed by atoms with Crippen molar-refractivity contribution in [3.8, 4) is 0 Å². The molecule has 8 nitrogen and oxygen atoms in total. The number of hydrogen-bond donors (Lipinski definition) is 3. The number of carbonyl (C=O) groups is 2. The summed E-state index contributed by atoms with van der Waals surface area (Å²) >= 11 is 0. The Morgan fingerprint density at radius 2 is 2.00 bits per heavy atom. The van der Waals surface area contributed by atoms with Crippen LogP contribution >= 0.6 is 0 Å². The highest BCUT2D eigenvalue weighted by Gasteiger charge is 2.12. The molecule has 0 aliphatic rings. The van der Waals surface area contributed by atoms with E-state index in [2.05, 4.69) is 10.0 Å². The number of nitrogens with zero attached hydrogens (tertiary/aromatic N) is 1. The van der Waals surface area contributed by atoms with Gasteiger partial charge in [-0.25, -0.2) is 8.42 Å². The van der Waals surface area contributed by atoms with Crippen molar-refractivity contribution in [2.75, 3.05) is 17.0 Å². The molecule has 9 heteroatoms. The molecule has 25 heavy (non-hydrogen) atoms. The summed E-state index contributed by atoms with van der Waals surface area (Å²) in [6.45, 7) is 1.42. The SMILES string of the molecule is CCCCS(=O)(=O)Nc1ccc2ccn(CC(=O)NCC(=O)O)c2c1. The summed E-state index contributed by atoms with van der Waals surface area (Å²) in [6.07, 6.45) is 3.06. The van der Waals surface area contributed by atoms with E-state index in [1.54, 1.807) is 35.0 Å². The first-order valence-corrected chi connectivity index (χ1v) is 9.54. The first-order valence-electron chi connectivity index (χ1n) is 7.88. The summed E-state index contributed by atoms with van der Waals surface area (Å²) in [7, 11) is -3.41. The summed E-state index contributed by atoms with van der Waals surface area (Å²) in [5.41, 5.74) is 1.11. The Bertz CT molecular complexity index is 873. The first kappa shape index (κ1) is 18.8. The summed E-state index contributed by atoms with van der Waals surface area (Å²) in [4.78, 5) is 22.3. The van der Waals surface area contributed by atoms with Crippen LogP contribution in [0.4, 0.5) is 5.69 Å². The van der Waals surface area contributed by atoms with Crippen LogP contribution < -0.4 is 10.0 Å². The number of carboxylic acids is 1. The number of nitrogens with one attached hydrogen (secondary N) is 2. The second-order valence-electron chi connectivity index (χ2n) is 5.66. The lowest BCUT2D eigenvalue weighted by molar-refractivity contribution is -0.138. The molecule has 1 aromatic carbocycles. The predicted octanol–water partition coefficient (Wildman–Crippen LogP) is 1.38. The lowest BCUT2D eigenvalue weighted by Crippen LogP contribution is -2.31. The molecule has 1 amide bonds. The zero-order valence-corrected chi connectivity index (χ0v) is 14.7. The third kappa shape index (κ3) is 5.49. The summed E-state index contributed by atoms with van der Waals surface area (Å²) in [5.74, 6) is -1.50. The second-order valence-corrected chi connectivity index (χ2v) is 7.50. The highest BCUT2D eigenvalue weighted by molar-refractivity contribution is 7.92. The Morgan fingerprint density at radius 1 is 1.24 bits per heavy atom. The lowest BCUT2D eigenvalue weighted by atomic mass is 10.2. The average molecular weight is 367 g/mol. The molecule has 0 unspecified atom stereocenters. The van der Waals surface area contributed by atoms with Gasteiger partial charge in [-0.1, -0.05) is 19.4 Å². The van der Waals surface area contributed by atoms with Crippen LogP contribution in [0.25, 0.3) is 10.9 Å². The molecule has 0 saturated heterocycles. The number of unbranched alkanes of at least 4 members (excludes halogenated alkanes) is 1. The van der Waals surface area contributed by atoms with Crippen LogP contribution in [0, 0.1) is 0 Å². The number of aromatic nitrogens is 1. The van der Waals surface area contributed by atoms with Gasteiger partial charge >= 0.3 is 5.97 Å². The molecule has 0 aliphatic heterocycles. The molecular weight excluding hydrogens is 346 g/mol. The zero-order chi connectivity index (χ0) is 18.4. The van der Waals surface area contributed by atoms with Crippen LogP contribution in [-0.2, 0) is 26.2 Å². The van der Waals surface area contributed by atoms with Crippen molar-refractivity contribution in [3.05, 3.63) is 30.5 Å². The van der Waals surface area contributed by atoms with Crippen LogP contribution in [0.15, 0.2) is 30.5 Å². The molecule has 0 saturated carbocycles. The van der Waals surface area contributed by atoms with Gasteiger partial charge in [-0.05, 0) is 30.0 Å². The van der Waals surface area contributed by atoms with E-state index in [1.807, 2.05) is 6.92 Å². The number of carboxylic acid groups (broad SMARTS) is 1. The molecule has 2 rings (SSSR count). The van der Waals surface area contributed by atoms with Crippen molar-refractivity contribution in [3.63, 3.8) is 0 Å². The molecule has 0 bridgehead atoms. The van der Waals surface area contributed by atoms with Gasteiger partial charge in [0.05, 0.1) is 17.0 Å². The summed E-state index contributed by atoms with van der Waals surface area (Å²) < 4.78 is 28.2. The Kier molecular flexibility index (Phi) is 6.02. The Morgan fingerprint density at radius 3 is 2.68 bits per heavy atom. The van der Waals surface area contributed by atoms with Crippen molar-refractivity contribution < 1.29 is 23.1 Å². The summed E-state index contributed by atoms with van der Waals surface area (Å²) in [6, 6.07) is 6.89. The molecule has 1 heterocycles. The van der Waals surface area contributed by atoms with Crippen molar-refractivity contribution in [2.24, 2.45) is 0 Å². The standard InChI is InChI=1S/C16H21N3O5S/c1-2-3-8-25(23,24)18-13-5-4-12-6-7-19(14(12)9-13)11-15(20)17-10-16(21)22/h4-7,9,18H,2-3,8,10-11H2,1H3,(H,17,20)(H,21,22). The number of benzene rings is 1. The zero-order valence-electron chi connectivity index (χ0n) is 13.9. The van der Waals surface area contributed by atoms with Crippen molar-refractivity contribution in [1.29, 1.82) is 0 Å². The molecule has 2 aromatic rings. The third-order valence-electron chi connectivity index (χ3n) is 3.56. The summed E-state index contributed by atoms with van der Waals surface area (Å²) in [5, 5.41) is 11.7. The van der Waals surface area contributed by atoms with Gasteiger partial charge in [-0.15, -0.1) is 0 Å². The van der Waals surface area contributed by atoms with Crippen LogP contribution in [-0.4, -0.2) is 42.3 Å². The molecule has 136 valence electrons. The number of anilines is 1. The van der Waals surface area contributed by atoms with Gasteiger partial charge in [0, 0.05) is 6.20 Å². The van der Waals surface area contributed by atoms with Crippen molar-refractivity contribution in [1.82, 2.24) is 9.88 Å². The van der Waals surface area contributed by atoms with E-state index in [9.17, 15) is 18.0 Å².